The lowest BCUT2D eigenvalue weighted by atomic mass is 10.0. The van der Waals surface area contributed by atoms with Gasteiger partial charge in [0.25, 0.3) is 0 Å². The van der Waals surface area contributed by atoms with Gasteiger partial charge in [-0.15, -0.1) is 0 Å². The molecule has 1 heterocycles. The topological polar surface area (TPSA) is 38.0 Å². The molecule has 3 nitrogen and oxygen atoms in total. The summed E-state index contributed by atoms with van der Waals surface area (Å²) in [6, 6.07) is 4.42. The van der Waals surface area contributed by atoms with E-state index in [0.29, 0.717) is 16.4 Å². The number of halogens is 3. The molecule has 6 heteroatoms. The number of hydrogen-bond donors (Lipinski definition) is 1. The van der Waals surface area contributed by atoms with Gasteiger partial charge in [-0.05, 0) is 19.1 Å². The summed E-state index contributed by atoms with van der Waals surface area (Å²) in [6.45, 7) is 1.74. The quantitative estimate of drug-likeness (QED) is 0.943. The lowest BCUT2D eigenvalue weighted by molar-refractivity contribution is 0.176. The Labute approximate surface area is 120 Å². The van der Waals surface area contributed by atoms with Gasteiger partial charge in [-0.1, -0.05) is 29.3 Å². The number of aryl methyl sites for hydroxylation is 2. The molecular formula is C13H13Cl2FN2O. The van der Waals surface area contributed by atoms with Crippen molar-refractivity contribution >= 4 is 23.2 Å². The molecule has 2 rings (SSSR count). The number of hydrogen-bond acceptors (Lipinski definition) is 2. The second-order valence-corrected chi connectivity index (χ2v) is 5.10. The van der Waals surface area contributed by atoms with Crippen LogP contribution in [-0.2, 0) is 13.5 Å². The predicted octanol–water partition coefficient (Wildman–Crippen LogP) is 3.45. The second kappa shape index (κ2) is 5.49. The maximum absolute atomic E-state index is 13.7. The summed E-state index contributed by atoms with van der Waals surface area (Å²) in [5.41, 5.74) is 1.40. The van der Waals surface area contributed by atoms with Gasteiger partial charge in [0, 0.05) is 29.6 Å². The minimum atomic E-state index is -0.949. The number of benzene rings is 1. The SMILES string of the molecule is Cc1nn(C)c(Cl)c1C(O)Cc1c(F)cccc1Cl. The Morgan fingerprint density at radius 1 is 1.42 bits per heavy atom. The van der Waals surface area contributed by atoms with E-state index in [0.717, 1.165) is 0 Å². The highest BCUT2D eigenvalue weighted by atomic mass is 35.5. The molecule has 1 aromatic carbocycles. The van der Waals surface area contributed by atoms with Crippen LogP contribution < -0.4 is 0 Å². The summed E-state index contributed by atoms with van der Waals surface area (Å²) in [4.78, 5) is 0. The number of rotatable bonds is 3. The normalized spacial score (nSPS) is 12.7. The molecule has 1 unspecified atom stereocenters. The number of aliphatic hydroxyl groups excluding tert-OH is 1. The molecule has 0 aliphatic carbocycles. The van der Waals surface area contributed by atoms with Gasteiger partial charge < -0.3 is 5.11 Å². The standard InChI is InChI=1S/C13H13Cl2FN2O/c1-7-12(13(15)18(2)17-7)11(19)6-8-9(14)4-3-5-10(8)16/h3-5,11,19H,6H2,1-2H3. The van der Waals surface area contributed by atoms with Crippen molar-refractivity contribution in [2.75, 3.05) is 0 Å². The van der Waals surface area contributed by atoms with Crippen LogP contribution >= 0.6 is 23.2 Å². The molecule has 0 amide bonds. The van der Waals surface area contributed by atoms with Gasteiger partial charge >= 0.3 is 0 Å². The second-order valence-electron chi connectivity index (χ2n) is 4.33. The van der Waals surface area contributed by atoms with Crippen LogP contribution in [0.15, 0.2) is 18.2 Å². The number of aliphatic hydroxyl groups is 1. The third-order valence-electron chi connectivity index (χ3n) is 2.99. The molecule has 1 N–H and O–H groups in total. The van der Waals surface area contributed by atoms with Crippen LogP contribution in [-0.4, -0.2) is 14.9 Å². The predicted molar refractivity (Wildman–Crippen MR) is 73.0 cm³/mol. The first-order valence-electron chi connectivity index (χ1n) is 5.71. The zero-order valence-corrected chi connectivity index (χ0v) is 12.0. The van der Waals surface area contributed by atoms with E-state index >= 15 is 0 Å². The van der Waals surface area contributed by atoms with Gasteiger partial charge in [-0.2, -0.15) is 5.10 Å². The zero-order valence-electron chi connectivity index (χ0n) is 10.5. The minimum Gasteiger partial charge on any atom is -0.388 e. The van der Waals surface area contributed by atoms with Crippen LogP contribution in [0, 0.1) is 12.7 Å². The third kappa shape index (κ3) is 2.76. The van der Waals surface area contributed by atoms with Crippen LogP contribution in [0.4, 0.5) is 4.39 Å². The van der Waals surface area contributed by atoms with E-state index in [1.807, 2.05) is 0 Å². The fourth-order valence-electron chi connectivity index (χ4n) is 2.05. The van der Waals surface area contributed by atoms with Crippen LogP contribution in [0.3, 0.4) is 0 Å². The highest BCUT2D eigenvalue weighted by Gasteiger charge is 2.21. The van der Waals surface area contributed by atoms with Crippen molar-refractivity contribution in [2.45, 2.75) is 19.4 Å². The molecule has 102 valence electrons. The van der Waals surface area contributed by atoms with Crippen molar-refractivity contribution in [1.29, 1.82) is 0 Å². The number of aromatic nitrogens is 2. The monoisotopic (exact) mass is 302 g/mol. The first-order chi connectivity index (χ1) is 8.91. The Morgan fingerprint density at radius 2 is 2.11 bits per heavy atom. The molecule has 0 saturated heterocycles. The first kappa shape index (κ1) is 14.3. The van der Waals surface area contributed by atoms with Crippen molar-refractivity contribution in [1.82, 2.24) is 9.78 Å². The molecule has 0 aliphatic rings. The number of nitrogens with zero attached hydrogens (tertiary/aromatic N) is 2. The van der Waals surface area contributed by atoms with E-state index < -0.39 is 11.9 Å². The van der Waals surface area contributed by atoms with Gasteiger partial charge in [0.05, 0.1) is 11.8 Å². The van der Waals surface area contributed by atoms with E-state index in [4.69, 9.17) is 23.2 Å². The maximum Gasteiger partial charge on any atom is 0.132 e. The van der Waals surface area contributed by atoms with Crippen molar-refractivity contribution in [3.8, 4) is 0 Å². The van der Waals surface area contributed by atoms with Gasteiger partial charge in [0.1, 0.15) is 11.0 Å². The van der Waals surface area contributed by atoms with Crippen molar-refractivity contribution in [3.05, 3.63) is 51.0 Å². The highest BCUT2D eigenvalue weighted by molar-refractivity contribution is 6.31. The van der Waals surface area contributed by atoms with Crippen LogP contribution in [0.25, 0.3) is 0 Å². The summed E-state index contributed by atoms with van der Waals surface area (Å²) in [5.74, 6) is -0.441. The Bertz CT molecular complexity index is 593. The van der Waals surface area contributed by atoms with Gasteiger partial charge in [0.15, 0.2) is 0 Å². The van der Waals surface area contributed by atoms with Crippen molar-refractivity contribution in [2.24, 2.45) is 7.05 Å². The van der Waals surface area contributed by atoms with Crippen LogP contribution in [0.1, 0.15) is 22.9 Å². The zero-order chi connectivity index (χ0) is 14.2. The fraction of sp³-hybridized carbons (Fsp3) is 0.308. The third-order valence-corrected chi connectivity index (χ3v) is 3.79. The highest BCUT2D eigenvalue weighted by Crippen LogP contribution is 2.31. The molecular weight excluding hydrogens is 290 g/mol. The minimum absolute atomic E-state index is 0.0533. The Hall–Kier alpha value is -1.10. The Kier molecular flexibility index (Phi) is 4.13. The summed E-state index contributed by atoms with van der Waals surface area (Å²) in [5, 5.41) is 15.0. The smallest absolute Gasteiger partial charge is 0.132 e. The molecule has 0 aliphatic heterocycles. The first-order valence-corrected chi connectivity index (χ1v) is 6.47. The van der Waals surface area contributed by atoms with E-state index in [1.165, 1.54) is 16.8 Å². The molecule has 1 aromatic heterocycles. The molecule has 0 spiro atoms. The molecule has 0 bridgehead atoms. The molecule has 19 heavy (non-hydrogen) atoms. The van der Waals surface area contributed by atoms with Crippen molar-refractivity contribution in [3.63, 3.8) is 0 Å². The molecule has 0 radical (unpaired) electrons. The van der Waals surface area contributed by atoms with E-state index in [1.54, 1.807) is 20.0 Å². The summed E-state index contributed by atoms with van der Waals surface area (Å²) >= 11 is 12.0. The fourth-order valence-corrected chi connectivity index (χ4v) is 2.59. The molecule has 1 atom stereocenters. The van der Waals surface area contributed by atoms with E-state index in [9.17, 15) is 9.50 Å². The molecule has 0 saturated carbocycles. The Morgan fingerprint density at radius 3 is 2.63 bits per heavy atom. The van der Waals surface area contributed by atoms with Crippen LogP contribution in [0.5, 0.6) is 0 Å². The van der Waals surface area contributed by atoms with E-state index in [2.05, 4.69) is 5.10 Å². The lowest BCUT2D eigenvalue weighted by Gasteiger charge is -2.12. The van der Waals surface area contributed by atoms with Crippen LogP contribution in [0.2, 0.25) is 10.2 Å². The van der Waals surface area contributed by atoms with Gasteiger partial charge in [-0.25, -0.2) is 4.39 Å². The lowest BCUT2D eigenvalue weighted by Crippen LogP contribution is -2.05. The molecule has 2 aromatic rings. The average Bonchev–Trinajstić information content (AvgIpc) is 2.58. The summed E-state index contributed by atoms with van der Waals surface area (Å²) < 4.78 is 15.2. The Balaban J connectivity index is 2.33. The largest absolute Gasteiger partial charge is 0.388 e. The van der Waals surface area contributed by atoms with Gasteiger partial charge in [0.2, 0.25) is 0 Å². The van der Waals surface area contributed by atoms with Crippen molar-refractivity contribution < 1.29 is 9.50 Å². The summed E-state index contributed by atoms with van der Waals surface area (Å²) in [7, 11) is 1.68. The maximum atomic E-state index is 13.7. The van der Waals surface area contributed by atoms with Gasteiger partial charge in [-0.3, -0.25) is 4.68 Å². The summed E-state index contributed by atoms with van der Waals surface area (Å²) in [6.07, 6.45) is -0.895. The molecule has 0 fully saturated rings. The van der Waals surface area contributed by atoms with E-state index in [-0.39, 0.29) is 17.0 Å². The average molecular weight is 303 g/mol.